The average molecular weight is 656 g/mol. The molecule has 4 aromatic rings. The number of benzene rings is 3. The fraction of sp³-hybridized carbons (Fsp3) is 0.226. The van der Waals surface area contributed by atoms with Crippen molar-refractivity contribution in [1.82, 2.24) is 4.57 Å². The number of carbonyl (C=O) groups is 3. The Balaban J connectivity index is 1.40. The number of aryl methyl sites for hydroxylation is 1. The highest BCUT2D eigenvalue weighted by molar-refractivity contribution is 8.00. The standard InChI is InChI=1S/C31H24F3N3O6S2/c1-15-6-9-19(10-7-15)37-27(40)24-23(16-8-11-20(38)21(12-16)43-2)26-29(44-25(24)28(37)41)36(30(42)45-26)14-22(39)35-18-5-3-4-17(13-18)31(32,33)34/h3-13,23-25,38H,14H2,1-2H3,(H,35,39)/t23-,24+,25-/m0/s1. The first-order valence-electron chi connectivity index (χ1n) is 13.6. The fourth-order valence-electron chi connectivity index (χ4n) is 5.57. The summed E-state index contributed by atoms with van der Waals surface area (Å²) in [4.78, 5) is 55.3. The number of fused-ring (bicyclic) bond motifs is 2. The molecular weight excluding hydrogens is 631 g/mol. The van der Waals surface area contributed by atoms with E-state index < -0.39 is 58.0 Å². The van der Waals surface area contributed by atoms with Crippen molar-refractivity contribution in [1.29, 1.82) is 0 Å². The van der Waals surface area contributed by atoms with E-state index in [1.165, 1.54) is 29.9 Å². The lowest BCUT2D eigenvalue weighted by atomic mass is 9.83. The predicted molar refractivity (Wildman–Crippen MR) is 162 cm³/mol. The van der Waals surface area contributed by atoms with Crippen molar-refractivity contribution >= 4 is 52.2 Å². The van der Waals surface area contributed by atoms with Crippen LogP contribution >= 0.6 is 23.1 Å². The number of nitrogens with zero attached hydrogens (tertiary/aromatic N) is 2. The van der Waals surface area contributed by atoms with Gasteiger partial charge in [0.25, 0.3) is 0 Å². The molecular formula is C31H24F3N3O6S2. The maximum Gasteiger partial charge on any atom is 0.416 e. The van der Waals surface area contributed by atoms with Gasteiger partial charge in [-0.15, -0.1) is 0 Å². The number of aromatic nitrogens is 1. The SMILES string of the molecule is COc1cc([C@@H]2c3sc(=O)n(CC(=O)Nc4cccc(C(F)(F)F)c4)c3S[C@@H]3C(=O)N(c4ccc(C)cc4)C(=O)[C@H]23)ccc1O. The summed E-state index contributed by atoms with van der Waals surface area (Å²) in [5.41, 5.74) is 0.804. The van der Waals surface area contributed by atoms with Gasteiger partial charge in [0.05, 0.1) is 29.3 Å². The number of nitrogens with one attached hydrogen (secondary N) is 1. The van der Waals surface area contributed by atoms with E-state index in [2.05, 4.69) is 5.32 Å². The van der Waals surface area contributed by atoms with Crippen LogP contribution in [0.25, 0.3) is 0 Å². The smallest absolute Gasteiger partial charge is 0.416 e. The number of thioether (sulfide) groups is 1. The summed E-state index contributed by atoms with van der Waals surface area (Å²) in [6, 6.07) is 15.6. The molecule has 0 radical (unpaired) electrons. The Labute approximate surface area is 262 Å². The van der Waals surface area contributed by atoms with E-state index in [-0.39, 0.29) is 17.2 Å². The minimum atomic E-state index is -4.61. The van der Waals surface area contributed by atoms with E-state index in [0.29, 0.717) is 21.2 Å². The number of aromatic hydroxyl groups is 1. The van der Waals surface area contributed by atoms with Gasteiger partial charge in [0.2, 0.25) is 17.7 Å². The Morgan fingerprint density at radius 1 is 1.02 bits per heavy atom. The van der Waals surface area contributed by atoms with E-state index in [4.69, 9.17) is 4.74 Å². The quantitative estimate of drug-likeness (QED) is 0.268. The molecule has 6 rings (SSSR count). The van der Waals surface area contributed by atoms with Crippen LogP contribution < -0.4 is 19.8 Å². The zero-order valence-electron chi connectivity index (χ0n) is 23.6. The summed E-state index contributed by atoms with van der Waals surface area (Å²) < 4.78 is 46.0. The lowest BCUT2D eigenvalue weighted by Crippen LogP contribution is -2.33. The normalized spacial score (nSPS) is 19.3. The number of rotatable bonds is 6. The number of anilines is 2. The number of imide groups is 1. The third kappa shape index (κ3) is 5.48. The van der Waals surface area contributed by atoms with Gasteiger partial charge in [0.1, 0.15) is 11.8 Å². The van der Waals surface area contributed by atoms with E-state index in [9.17, 15) is 37.5 Å². The average Bonchev–Trinajstić information content (AvgIpc) is 3.44. The van der Waals surface area contributed by atoms with E-state index in [1.807, 2.05) is 6.92 Å². The fourth-order valence-corrected chi connectivity index (χ4v) is 8.34. The number of methoxy groups -OCH3 is 1. The summed E-state index contributed by atoms with van der Waals surface area (Å²) in [6.45, 7) is 1.34. The summed E-state index contributed by atoms with van der Waals surface area (Å²) in [5, 5.41) is 12.0. The number of thiazole rings is 1. The molecule has 1 fully saturated rings. The van der Waals surface area contributed by atoms with Gasteiger partial charge in [-0.05, 0) is 55.0 Å². The van der Waals surface area contributed by atoms with Crippen molar-refractivity contribution in [3.05, 3.63) is 98.0 Å². The second-order valence-electron chi connectivity index (χ2n) is 10.6. The lowest BCUT2D eigenvalue weighted by molar-refractivity contribution is -0.137. The molecule has 0 bridgehead atoms. The summed E-state index contributed by atoms with van der Waals surface area (Å²) in [5.74, 6) is -3.44. The van der Waals surface area contributed by atoms with Crippen molar-refractivity contribution in [2.75, 3.05) is 17.3 Å². The summed E-state index contributed by atoms with van der Waals surface area (Å²) in [6.07, 6.45) is -4.61. The molecule has 45 heavy (non-hydrogen) atoms. The van der Waals surface area contributed by atoms with Gasteiger partial charge in [-0.1, -0.05) is 52.9 Å². The van der Waals surface area contributed by atoms with Crippen LogP contribution in [0, 0.1) is 12.8 Å². The number of alkyl halides is 3. The van der Waals surface area contributed by atoms with Gasteiger partial charge in [-0.2, -0.15) is 13.2 Å². The van der Waals surface area contributed by atoms with Crippen molar-refractivity contribution in [3.63, 3.8) is 0 Å². The molecule has 1 aromatic heterocycles. The Morgan fingerprint density at radius 2 is 1.76 bits per heavy atom. The van der Waals surface area contributed by atoms with Crippen molar-refractivity contribution in [2.45, 2.75) is 35.8 Å². The monoisotopic (exact) mass is 655 g/mol. The number of hydrogen-bond donors (Lipinski definition) is 2. The highest BCUT2D eigenvalue weighted by atomic mass is 32.2. The summed E-state index contributed by atoms with van der Waals surface area (Å²) in [7, 11) is 1.37. The zero-order valence-corrected chi connectivity index (χ0v) is 25.3. The Bertz CT molecular complexity index is 1900. The third-order valence-electron chi connectivity index (χ3n) is 7.68. The largest absolute Gasteiger partial charge is 0.504 e. The third-order valence-corrected chi connectivity index (χ3v) is 10.3. The molecule has 2 aliphatic rings. The van der Waals surface area contributed by atoms with Gasteiger partial charge in [-0.25, -0.2) is 4.90 Å². The molecule has 1 saturated heterocycles. The number of amides is 3. The van der Waals surface area contributed by atoms with E-state index >= 15 is 0 Å². The van der Waals surface area contributed by atoms with Gasteiger partial charge in [0.15, 0.2) is 11.5 Å². The first-order chi connectivity index (χ1) is 21.4. The second kappa shape index (κ2) is 11.4. The van der Waals surface area contributed by atoms with Gasteiger partial charge in [-0.3, -0.25) is 23.7 Å². The first-order valence-corrected chi connectivity index (χ1v) is 15.3. The first kappa shape index (κ1) is 30.5. The van der Waals surface area contributed by atoms with Crippen LogP contribution in [0.15, 0.2) is 76.6 Å². The predicted octanol–water partition coefficient (Wildman–Crippen LogP) is 5.39. The van der Waals surface area contributed by atoms with Crippen molar-refractivity contribution in [3.8, 4) is 11.5 Å². The molecule has 9 nitrogen and oxygen atoms in total. The van der Waals surface area contributed by atoms with Crippen LogP contribution in [-0.2, 0) is 27.1 Å². The van der Waals surface area contributed by atoms with Crippen LogP contribution in [-0.4, -0.2) is 39.8 Å². The number of hydrogen-bond acceptors (Lipinski definition) is 8. The number of carbonyl (C=O) groups excluding carboxylic acids is 3. The minimum Gasteiger partial charge on any atom is -0.504 e. The molecule has 0 aliphatic carbocycles. The second-order valence-corrected chi connectivity index (χ2v) is 12.7. The molecule has 2 N–H and O–H groups in total. The molecule has 0 unspecified atom stereocenters. The molecule has 232 valence electrons. The van der Waals surface area contributed by atoms with Crippen molar-refractivity contribution < 1.29 is 37.4 Å². The molecule has 3 amide bonds. The summed E-state index contributed by atoms with van der Waals surface area (Å²) >= 11 is 1.82. The van der Waals surface area contributed by atoms with Gasteiger partial charge >= 0.3 is 11.0 Å². The van der Waals surface area contributed by atoms with Crippen molar-refractivity contribution in [2.24, 2.45) is 5.92 Å². The maximum atomic E-state index is 14.0. The van der Waals surface area contributed by atoms with E-state index in [0.717, 1.165) is 51.8 Å². The Morgan fingerprint density at radius 3 is 2.44 bits per heavy atom. The van der Waals surface area contributed by atoms with Crippen LogP contribution in [0.2, 0.25) is 0 Å². The van der Waals surface area contributed by atoms with Crippen LogP contribution in [0.5, 0.6) is 11.5 Å². The molecule has 0 saturated carbocycles. The van der Waals surface area contributed by atoms with Crippen LogP contribution in [0.1, 0.15) is 27.5 Å². The Kier molecular flexibility index (Phi) is 7.73. The van der Waals surface area contributed by atoms with Gasteiger partial charge in [0, 0.05) is 16.5 Å². The molecule has 3 heterocycles. The zero-order chi connectivity index (χ0) is 32.2. The number of phenols is 1. The number of ether oxygens (including phenoxy) is 1. The molecule has 0 spiro atoms. The highest BCUT2D eigenvalue weighted by Crippen LogP contribution is 2.54. The number of halogens is 3. The topological polar surface area (TPSA) is 118 Å². The Hall–Kier alpha value is -4.56. The molecule has 3 atom stereocenters. The molecule has 14 heteroatoms. The maximum absolute atomic E-state index is 14.0. The van der Waals surface area contributed by atoms with E-state index in [1.54, 1.807) is 30.3 Å². The molecule has 2 aliphatic heterocycles. The number of phenolic OH excluding ortho intramolecular Hbond substituents is 1. The minimum absolute atomic E-state index is 0.0981. The van der Waals surface area contributed by atoms with Gasteiger partial charge < -0.3 is 15.2 Å². The highest BCUT2D eigenvalue weighted by Gasteiger charge is 2.57. The van der Waals surface area contributed by atoms with Crippen LogP contribution in [0.3, 0.4) is 0 Å². The molecule has 3 aromatic carbocycles. The van der Waals surface area contributed by atoms with Crippen LogP contribution in [0.4, 0.5) is 24.5 Å². The lowest BCUT2D eigenvalue weighted by Gasteiger charge is -2.31.